The molecule has 1 aliphatic rings. The van der Waals surface area contributed by atoms with Crippen molar-refractivity contribution in [2.45, 2.75) is 44.3 Å². The maximum Gasteiger partial charge on any atom is 0.327 e. The lowest BCUT2D eigenvalue weighted by Crippen LogP contribution is -2.52. The highest BCUT2D eigenvalue weighted by atomic mass is 16.5. The molecule has 0 radical (unpaired) electrons. The number of nitrogens with zero attached hydrogens (tertiary/aromatic N) is 3. The fourth-order valence-corrected chi connectivity index (χ4v) is 2.84. The normalized spacial score (nSPS) is 19.6. The van der Waals surface area contributed by atoms with Crippen molar-refractivity contribution in [1.29, 1.82) is 0 Å². The van der Waals surface area contributed by atoms with Gasteiger partial charge in [-0.1, -0.05) is 5.16 Å². The van der Waals surface area contributed by atoms with Gasteiger partial charge in [0, 0.05) is 6.54 Å². The number of carbonyl (C=O) groups excluding carboxylic acids is 1. The zero-order valence-corrected chi connectivity index (χ0v) is 14.9. The van der Waals surface area contributed by atoms with Gasteiger partial charge in [0.15, 0.2) is 5.82 Å². The molecular formula is C15H21N5O8. The van der Waals surface area contributed by atoms with Crippen LogP contribution in [0.2, 0.25) is 0 Å². The molecule has 2 rings (SSSR count). The number of aromatic nitrogens is 2. The SMILES string of the molecule is C[C@@H](C(=O)O)[C@H](NC(=O)N1CCC[C@H]1c1nc([C@@H](N)CC(=O)O)no1)C(=O)O. The van der Waals surface area contributed by atoms with E-state index in [4.69, 9.17) is 20.5 Å². The molecule has 154 valence electrons. The zero-order chi connectivity index (χ0) is 21.0. The highest BCUT2D eigenvalue weighted by Gasteiger charge is 2.38. The highest BCUT2D eigenvalue weighted by Crippen LogP contribution is 2.31. The highest BCUT2D eigenvalue weighted by molar-refractivity contribution is 5.87. The summed E-state index contributed by atoms with van der Waals surface area (Å²) in [6, 6.07) is -4.04. The van der Waals surface area contributed by atoms with Crippen LogP contribution in [0.1, 0.15) is 50.0 Å². The Morgan fingerprint density at radius 3 is 2.54 bits per heavy atom. The van der Waals surface area contributed by atoms with E-state index in [1.54, 1.807) is 0 Å². The number of carboxylic acid groups (broad SMARTS) is 3. The first-order valence-corrected chi connectivity index (χ1v) is 8.45. The molecule has 13 heteroatoms. The van der Waals surface area contributed by atoms with Crippen LogP contribution in [0, 0.1) is 5.92 Å². The van der Waals surface area contributed by atoms with Crippen LogP contribution in [-0.2, 0) is 14.4 Å². The number of nitrogens with two attached hydrogens (primary N) is 1. The van der Waals surface area contributed by atoms with E-state index < -0.39 is 54.4 Å². The first kappa shape index (κ1) is 21.1. The van der Waals surface area contributed by atoms with Crippen LogP contribution in [0.25, 0.3) is 0 Å². The summed E-state index contributed by atoms with van der Waals surface area (Å²) in [4.78, 5) is 51.0. The van der Waals surface area contributed by atoms with E-state index in [1.165, 1.54) is 11.8 Å². The molecule has 2 amide bonds. The monoisotopic (exact) mass is 399 g/mol. The van der Waals surface area contributed by atoms with Crippen LogP contribution < -0.4 is 11.1 Å². The summed E-state index contributed by atoms with van der Waals surface area (Å²) in [5.74, 6) is -5.29. The Kier molecular flexibility index (Phi) is 6.51. The van der Waals surface area contributed by atoms with Gasteiger partial charge in [-0.25, -0.2) is 9.59 Å². The standard InChI is InChI=1S/C15H21N5O8/c1-6(13(23)24)10(14(25)26)17-15(27)20-4-2-3-8(20)12-18-11(19-28-12)7(16)5-9(21)22/h6-8,10H,2-5,16H2,1H3,(H,17,27)(H,21,22)(H,23,24)(H,25,26)/t6-,7+,8+,10+/m1/s1. The average molecular weight is 399 g/mol. The largest absolute Gasteiger partial charge is 0.481 e. The van der Waals surface area contributed by atoms with Crippen molar-refractivity contribution >= 4 is 23.9 Å². The van der Waals surface area contributed by atoms with E-state index in [2.05, 4.69) is 15.5 Å². The van der Waals surface area contributed by atoms with E-state index in [-0.39, 0.29) is 18.3 Å². The molecule has 13 nitrogen and oxygen atoms in total. The van der Waals surface area contributed by atoms with Gasteiger partial charge in [-0.3, -0.25) is 9.59 Å². The number of urea groups is 1. The molecule has 1 aliphatic heterocycles. The summed E-state index contributed by atoms with van der Waals surface area (Å²) < 4.78 is 5.10. The molecule has 1 fully saturated rings. The molecule has 1 aromatic rings. The average Bonchev–Trinajstić information content (AvgIpc) is 3.26. The van der Waals surface area contributed by atoms with Crippen molar-refractivity contribution in [3.05, 3.63) is 11.7 Å². The molecule has 28 heavy (non-hydrogen) atoms. The second kappa shape index (κ2) is 8.65. The summed E-state index contributed by atoms with van der Waals surface area (Å²) >= 11 is 0. The Morgan fingerprint density at radius 1 is 1.29 bits per heavy atom. The minimum absolute atomic E-state index is 0.0208. The van der Waals surface area contributed by atoms with Crippen molar-refractivity contribution < 1.29 is 39.0 Å². The van der Waals surface area contributed by atoms with Crippen LogP contribution in [0.4, 0.5) is 4.79 Å². The number of nitrogens with one attached hydrogen (secondary N) is 1. The maximum atomic E-state index is 12.5. The summed E-state index contributed by atoms with van der Waals surface area (Å²) in [6.45, 7) is 1.44. The van der Waals surface area contributed by atoms with Gasteiger partial charge < -0.3 is 35.8 Å². The molecule has 4 atom stereocenters. The number of hydrogen-bond donors (Lipinski definition) is 5. The number of hydrogen-bond acceptors (Lipinski definition) is 8. The predicted molar refractivity (Wildman–Crippen MR) is 88.9 cm³/mol. The second-order valence-corrected chi connectivity index (χ2v) is 6.44. The summed E-state index contributed by atoms with van der Waals surface area (Å²) in [7, 11) is 0. The maximum absolute atomic E-state index is 12.5. The van der Waals surface area contributed by atoms with Gasteiger partial charge in [-0.15, -0.1) is 0 Å². The second-order valence-electron chi connectivity index (χ2n) is 6.44. The lowest BCUT2D eigenvalue weighted by molar-refractivity contribution is -0.150. The van der Waals surface area contributed by atoms with Crippen LogP contribution >= 0.6 is 0 Å². The van der Waals surface area contributed by atoms with E-state index in [1.807, 2.05) is 0 Å². The Labute approximate surface area is 158 Å². The smallest absolute Gasteiger partial charge is 0.327 e. The van der Waals surface area contributed by atoms with E-state index in [0.717, 1.165) is 0 Å². The van der Waals surface area contributed by atoms with Crippen LogP contribution in [0.5, 0.6) is 0 Å². The minimum atomic E-state index is -1.62. The predicted octanol–water partition coefficient (Wildman–Crippen LogP) is -0.435. The Balaban J connectivity index is 2.12. The van der Waals surface area contributed by atoms with Crippen molar-refractivity contribution in [2.24, 2.45) is 11.7 Å². The molecule has 0 spiro atoms. The van der Waals surface area contributed by atoms with Gasteiger partial charge in [-0.2, -0.15) is 4.98 Å². The third-order valence-electron chi connectivity index (χ3n) is 4.42. The Bertz CT molecular complexity index is 765. The lowest BCUT2D eigenvalue weighted by atomic mass is 10.0. The van der Waals surface area contributed by atoms with Gasteiger partial charge in [-0.05, 0) is 19.8 Å². The number of carbonyl (C=O) groups is 4. The quantitative estimate of drug-likeness (QED) is 0.378. The van der Waals surface area contributed by atoms with Crippen LogP contribution in [-0.4, -0.2) is 66.9 Å². The van der Waals surface area contributed by atoms with Crippen molar-refractivity contribution in [1.82, 2.24) is 20.4 Å². The molecule has 0 aliphatic carbocycles. The molecule has 1 saturated heterocycles. The van der Waals surface area contributed by atoms with E-state index >= 15 is 0 Å². The molecular weight excluding hydrogens is 378 g/mol. The molecule has 0 bridgehead atoms. The van der Waals surface area contributed by atoms with E-state index in [0.29, 0.717) is 12.8 Å². The first-order valence-electron chi connectivity index (χ1n) is 8.45. The van der Waals surface area contributed by atoms with E-state index in [9.17, 15) is 24.3 Å². The Morgan fingerprint density at radius 2 is 1.96 bits per heavy atom. The number of rotatable bonds is 8. The molecule has 2 heterocycles. The molecule has 0 unspecified atom stereocenters. The number of amides is 2. The third kappa shape index (κ3) is 4.73. The molecule has 0 aromatic carbocycles. The number of aliphatic carboxylic acids is 3. The van der Waals surface area contributed by atoms with Gasteiger partial charge in [0.2, 0.25) is 5.89 Å². The van der Waals surface area contributed by atoms with Crippen molar-refractivity contribution in [3.8, 4) is 0 Å². The minimum Gasteiger partial charge on any atom is -0.481 e. The molecule has 0 saturated carbocycles. The first-order chi connectivity index (χ1) is 13.1. The summed E-state index contributed by atoms with van der Waals surface area (Å²) in [6.07, 6.45) is 0.625. The lowest BCUT2D eigenvalue weighted by Gasteiger charge is -2.26. The van der Waals surface area contributed by atoms with Crippen LogP contribution in [0.15, 0.2) is 4.52 Å². The molecule has 6 N–H and O–H groups in total. The number of likely N-dealkylation sites (tertiary alicyclic amines) is 1. The van der Waals surface area contributed by atoms with Gasteiger partial charge >= 0.3 is 23.9 Å². The third-order valence-corrected chi connectivity index (χ3v) is 4.42. The fraction of sp³-hybridized carbons (Fsp3) is 0.600. The van der Waals surface area contributed by atoms with Crippen molar-refractivity contribution in [3.63, 3.8) is 0 Å². The summed E-state index contributed by atoms with van der Waals surface area (Å²) in [5.41, 5.74) is 5.68. The van der Waals surface area contributed by atoms with Gasteiger partial charge in [0.05, 0.1) is 18.4 Å². The van der Waals surface area contributed by atoms with Crippen LogP contribution in [0.3, 0.4) is 0 Å². The number of carboxylic acids is 3. The van der Waals surface area contributed by atoms with Gasteiger partial charge in [0.25, 0.3) is 0 Å². The van der Waals surface area contributed by atoms with Gasteiger partial charge in [0.1, 0.15) is 12.1 Å². The topological polar surface area (TPSA) is 209 Å². The summed E-state index contributed by atoms with van der Waals surface area (Å²) in [5, 5.41) is 32.8. The Hall–Kier alpha value is -3.22. The van der Waals surface area contributed by atoms with Crippen molar-refractivity contribution in [2.75, 3.05) is 6.54 Å². The molecule has 1 aromatic heterocycles. The fourth-order valence-electron chi connectivity index (χ4n) is 2.84. The zero-order valence-electron chi connectivity index (χ0n) is 14.9.